The molecular formula is C29H40FN3O2. The molecule has 0 amide bonds. The average molecular weight is 482 g/mol. The molecule has 190 valence electrons. The number of halogens is 1. The topological polar surface area (TPSA) is 61.3 Å². The van der Waals surface area contributed by atoms with E-state index in [0.717, 1.165) is 80.3 Å². The molecule has 1 aliphatic rings. The molecule has 0 saturated heterocycles. The second-order valence-electron chi connectivity index (χ2n) is 10.7. The average Bonchev–Trinajstić information content (AvgIpc) is 3.14. The van der Waals surface area contributed by atoms with Crippen molar-refractivity contribution in [2.24, 2.45) is 5.92 Å². The summed E-state index contributed by atoms with van der Waals surface area (Å²) < 4.78 is 15.6. The van der Waals surface area contributed by atoms with Crippen LogP contribution in [0.2, 0.25) is 0 Å². The fraction of sp³-hybridized carbons (Fsp3) is 0.552. The Bertz CT molecular complexity index is 1180. The minimum atomic E-state index is -0.750. The van der Waals surface area contributed by atoms with Crippen LogP contribution >= 0.6 is 0 Å². The molecule has 5 nitrogen and oxygen atoms in total. The first kappa shape index (κ1) is 25.6. The van der Waals surface area contributed by atoms with Gasteiger partial charge in [0.1, 0.15) is 5.82 Å². The molecule has 35 heavy (non-hydrogen) atoms. The first-order valence-electron chi connectivity index (χ1n) is 13.2. The highest BCUT2D eigenvalue weighted by molar-refractivity contribution is 5.74. The number of nitrogens with zero attached hydrogens (tertiary/aromatic N) is 2. The van der Waals surface area contributed by atoms with E-state index in [1.165, 1.54) is 6.07 Å². The van der Waals surface area contributed by atoms with Crippen molar-refractivity contribution in [2.45, 2.75) is 76.9 Å². The Labute approximate surface area is 208 Å². The highest BCUT2D eigenvalue weighted by atomic mass is 19.1. The summed E-state index contributed by atoms with van der Waals surface area (Å²) in [5.41, 5.74) is 3.27. The first-order chi connectivity index (χ1) is 16.8. The summed E-state index contributed by atoms with van der Waals surface area (Å²) in [7, 11) is 2.13. The maximum absolute atomic E-state index is 13.7. The second kappa shape index (κ2) is 11.1. The van der Waals surface area contributed by atoms with E-state index in [4.69, 9.17) is 0 Å². The van der Waals surface area contributed by atoms with Gasteiger partial charge in [0.25, 0.3) is 0 Å². The van der Waals surface area contributed by atoms with Crippen LogP contribution in [0.1, 0.15) is 69.4 Å². The molecule has 0 bridgehead atoms. The summed E-state index contributed by atoms with van der Waals surface area (Å²) in [5.74, 6) is 0.137. The largest absolute Gasteiger partial charge is 0.389 e. The molecule has 6 heteroatoms. The van der Waals surface area contributed by atoms with E-state index in [0.29, 0.717) is 12.3 Å². The SMILES string of the molecule is CC(C)[C@H]1c2ccc(F)cc2CC[C@]1(O)CCN(C)CCCCCCn1c(=O)[nH]c2ccccc21. The predicted octanol–water partition coefficient (Wildman–Crippen LogP) is 5.47. The van der Waals surface area contributed by atoms with E-state index in [9.17, 15) is 14.3 Å². The van der Waals surface area contributed by atoms with Crippen molar-refractivity contribution >= 4 is 11.0 Å². The van der Waals surface area contributed by atoms with E-state index in [2.05, 4.69) is 30.8 Å². The van der Waals surface area contributed by atoms with Gasteiger partial charge in [0.05, 0.1) is 16.6 Å². The fourth-order valence-electron chi connectivity index (χ4n) is 5.98. The molecule has 3 aromatic rings. The van der Waals surface area contributed by atoms with Gasteiger partial charge in [0.15, 0.2) is 0 Å². The van der Waals surface area contributed by atoms with E-state index < -0.39 is 5.60 Å². The summed E-state index contributed by atoms with van der Waals surface area (Å²) in [6.45, 7) is 6.90. The van der Waals surface area contributed by atoms with Crippen LogP contribution in [0.4, 0.5) is 4.39 Å². The molecule has 2 aromatic carbocycles. The van der Waals surface area contributed by atoms with Gasteiger partial charge in [0, 0.05) is 19.0 Å². The molecule has 0 spiro atoms. The number of aromatic amines is 1. The highest BCUT2D eigenvalue weighted by Gasteiger charge is 2.43. The lowest BCUT2D eigenvalue weighted by atomic mass is 9.66. The number of rotatable bonds is 11. The lowest BCUT2D eigenvalue weighted by Crippen LogP contribution is -2.45. The molecule has 0 saturated carbocycles. The van der Waals surface area contributed by atoms with Crippen molar-refractivity contribution in [1.29, 1.82) is 0 Å². The number of aromatic nitrogens is 2. The second-order valence-corrected chi connectivity index (χ2v) is 10.7. The van der Waals surface area contributed by atoms with Crippen molar-refractivity contribution in [1.82, 2.24) is 14.5 Å². The Morgan fingerprint density at radius 3 is 2.71 bits per heavy atom. The number of fused-ring (bicyclic) bond motifs is 2. The van der Waals surface area contributed by atoms with Crippen LogP contribution in [-0.4, -0.2) is 45.3 Å². The lowest BCUT2D eigenvalue weighted by Gasteiger charge is -2.44. The Kier molecular flexibility index (Phi) is 8.12. The van der Waals surface area contributed by atoms with Crippen LogP contribution in [-0.2, 0) is 13.0 Å². The maximum atomic E-state index is 13.7. The zero-order valence-electron chi connectivity index (χ0n) is 21.4. The van der Waals surface area contributed by atoms with Gasteiger partial charge in [-0.2, -0.15) is 0 Å². The van der Waals surface area contributed by atoms with Crippen LogP contribution in [0.15, 0.2) is 47.3 Å². The third-order valence-corrected chi connectivity index (χ3v) is 7.79. The van der Waals surface area contributed by atoms with E-state index in [1.54, 1.807) is 6.07 Å². The molecule has 0 radical (unpaired) electrons. The number of aryl methyl sites for hydroxylation is 2. The number of unbranched alkanes of at least 4 members (excludes halogenated alkanes) is 3. The van der Waals surface area contributed by atoms with Gasteiger partial charge in [-0.05, 0) is 87.0 Å². The summed E-state index contributed by atoms with van der Waals surface area (Å²) in [6.07, 6.45) is 6.45. The van der Waals surface area contributed by atoms with E-state index in [-0.39, 0.29) is 17.4 Å². The van der Waals surface area contributed by atoms with Crippen molar-refractivity contribution in [3.05, 3.63) is 69.9 Å². The van der Waals surface area contributed by atoms with Crippen molar-refractivity contribution in [3.63, 3.8) is 0 Å². The van der Waals surface area contributed by atoms with Gasteiger partial charge in [-0.15, -0.1) is 0 Å². The summed E-state index contributed by atoms with van der Waals surface area (Å²) in [6, 6.07) is 12.9. The zero-order chi connectivity index (χ0) is 25.0. The number of para-hydroxylation sites is 2. The van der Waals surface area contributed by atoms with Gasteiger partial charge in [0.2, 0.25) is 0 Å². The molecule has 0 unspecified atom stereocenters. The molecule has 0 fully saturated rings. The van der Waals surface area contributed by atoms with Gasteiger partial charge >= 0.3 is 5.69 Å². The van der Waals surface area contributed by atoms with Crippen LogP contribution in [0.3, 0.4) is 0 Å². The molecule has 2 atom stereocenters. The smallest absolute Gasteiger partial charge is 0.326 e. The minimum Gasteiger partial charge on any atom is -0.389 e. The maximum Gasteiger partial charge on any atom is 0.326 e. The van der Waals surface area contributed by atoms with E-state index >= 15 is 0 Å². The summed E-state index contributed by atoms with van der Waals surface area (Å²) >= 11 is 0. The number of hydrogen-bond acceptors (Lipinski definition) is 3. The predicted molar refractivity (Wildman–Crippen MR) is 140 cm³/mol. The Balaban J connectivity index is 1.21. The number of nitrogens with one attached hydrogen (secondary N) is 1. The summed E-state index contributed by atoms with van der Waals surface area (Å²) in [4.78, 5) is 17.4. The third kappa shape index (κ3) is 5.87. The minimum absolute atomic E-state index is 0.0287. The molecule has 2 N–H and O–H groups in total. The number of hydrogen-bond donors (Lipinski definition) is 2. The van der Waals surface area contributed by atoms with Crippen molar-refractivity contribution in [2.75, 3.05) is 20.1 Å². The van der Waals surface area contributed by atoms with Crippen LogP contribution in [0.25, 0.3) is 11.0 Å². The van der Waals surface area contributed by atoms with Gasteiger partial charge in [-0.25, -0.2) is 9.18 Å². The number of H-pyrrole nitrogens is 1. The van der Waals surface area contributed by atoms with Gasteiger partial charge in [-0.1, -0.05) is 44.9 Å². The van der Waals surface area contributed by atoms with Crippen LogP contribution in [0, 0.1) is 11.7 Å². The summed E-state index contributed by atoms with van der Waals surface area (Å²) in [5, 5.41) is 11.6. The van der Waals surface area contributed by atoms with Gasteiger partial charge in [-0.3, -0.25) is 4.57 Å². The molecule has 1 aliphatic carbocycles. The molecule has 0 aliphatic heterocycles. The first-order valence-corrected chi connectivity index (χ1v) is 13.2. The number of imidazole rings is 1. The zero-order valence-corrected chi connectivity index (χ0v) is 21.4. The monoisotopic (exact) mass is 481 g/mol. The fourth-order valence-corrected chi connectivity index (χ4v) is 5.98. The molecular weight excluding hydrogens is 441 g/mol. The lowest BCUT2D eigenvalue weighted by molar-refractivity contribution is -0.0301. The quantitative estimate of drug-likeness (QED) is 0.357. The number of benzene rings is 2. The number of aliphatic hydroxyl groups is 1. The van der Waals surface area contributed by atoms with Crippen molar-refractivity contribution < 1.29 is 9.50 Å². The highest BCUT2D eigenvalue weighted by Crippen LogP contribution is 2.45. The van der Waals surface area contributed by atoms with Crippen molar-refractivity contribution in [3.8, 4) is 0 Å². The van der Waals surface area contributed by atoms with E-state index in [1.807, 2.05) is 34.9 Å². The Morgan fingerprint density at radius 2 is 1.91 bits per heavy atom. The van der Waals surface area contributed by atoms with Gasteiger partial charge < -0.3 is 15.0 Å². The standard InChI is InChI=1S/C29H40FN3O2/c1-21(2)27-24-13-12-23(30)20-22(24)14-15-29(27,35)16-19-32(3)17-8-4-5-9-18-33-26-11-7-6-10-25(26)31-28(33)34/h6-7,10-13,20-21,27,35H,4-5,8-9,14-19H2,1-3H3,(H,31,34)/t27-,29-/m0/s1. The van der Waals surface area contributed by atoms with Crippen LogP contribution < -0.4 is 5.69 Å². The molecule has 1 aromatic heterocycles. The Morgan fingerprint density at radius 1 is 1.14 bits per heavy atom. The third-order valence-electron chi connectivity index (χ3n) is 7.79. The molecule has 1 heterocycles. The van der Waals surface area contributed by atoms with Crippen LogP contribution in [0.5, 0.6) is 0 Å². The Hall–Kier alpha value is -2.44. The molecule has 4 rings (SSSR count). The normalized spacial score (nSPS) is 20.1.